The van der Waals surface area contributed by atoms with Crippen LogP contribution in [-0.2, 0) is 6.54 Å². The van der Waals surface area contributed by atoms with Crippen LogP contribution in [0.25, 0.3) is 33.3 Å². The highest BCUT2D eigenvalue weighted by Crippen LogP contribution is 2.32. The Morgan fingerprint density at radius 2 is 1.85 bits per heavy atom. The smallest absolute Gasteiger partial charge is 0.137 e. The van der Waals surface area contributed by atoms with Crippen LogP contribution in [0, 0.1) is 0 Å². The average Bonchev–Trinajstić information content (AvgIpc) is 3.29. The van der Waals surface area contributed by atoms with Gasteiger partial charge in [0.1, 0.15) is 11.4 Å². The summed E-state index contributed by atoms with van der Waals surface area (Å²) < 4.78 is 7.68. The minimum atomic E-state index is 0.689. The number of hydrogen-bond donors (Lipinski definition) is 1. The van der Waals surface area contributed by atoms with Crippen molar-refractivity contribution >= 4 is 21.9 Å². The Kier molecular flexibility index (Phi) is 3.64. The zero-order valence-corrected chi connectivity index (χ0v) is 14.9. The monoisotopic (exact) mass is 354 g/mol. The number of rotatable bonds is 4. The molecule has 0 bridgehead atoms. The van der Waals surface area contributed by atoms with Crippen molar-refractivity contribution in [2.24, 2.45) is 0 Å². The lowest BCUT2D eigenvalue weighted by atomic mass is 10.2. The van der Waals surface area contributed by atoms with Crippen LogP contribution in [0.1, 0.15) is 5.69 Å². The van der Waals surface area contributed by atoms with Gasteiger partial charge < -0.3 is 14.3 Å². The van der Waals surface area contributed by atoms with Crippen LogP contribution < -0.4 is 4.74 Å². The number of ether oxygens (including phenoxy) is 1. The zero-order chi connectivity index (χ0) is 18.2. The number of H-pyrrole nitrogens is 1. The highest BCUT2D eigenvalue weighted by Gasteiger charge is 2.14. The Labute approximate surface area is 156 Å². The summed E-state index contributed by atoms with van der Waals surface area (Å²) in [6, 6.07) is 20.5. The third-order valence-corrected chi connectivity index (χ3v) is 4.82. The molecule has 4 aromatic heterocycles. The first-order valence-corrected chi connectivity index (χ1v) is 8.83. The molecule has 0 saturated carbocycles. The molecular weight excluding hydrogens is 336 g/mol. The Balaban J connectivity index is 1.72. The van der Waals surface area contributed by atoms with Gasteiger partial charge in [-0.2, -0.15) is 0 Å². The number of nitrogens with one attached hydrogen (secondary N) is 1. The van der Waals surface area contributed by atoms with Crippen molar-refractivity contribution in [3.05, 3.63) is 78.8 Å². The molecule has 0 amide bonds. The number of pyridine rings is 2. The fraction of sp³-hybridized carbons (Fsp3) is 0.0909. The van der Waals surface area contributed by atoms with Gasteiger partial charge in [-0.3, -0.25) is 4.98 Å². The zero-order valence-electron chi connectivity index (χ0n) is 14.9. The van der Waals surface area contributed by atoms with Crippen LogP contribution in [0.5, 0.6) is 5.75 Å². The topological polar surface area (TPSA) is 55.7 Å². The molecule has 0 aliphatic heterocycles. The van der Waals surface area contributed by atoms with E-state index in [0.29, 0.717) is 6.54 Å². The van der Waals surface area contributed by atoms with Gasteiger partial charge in [0.25, 0.3) is 0 Å². The summed E-state index contributed by atoms with van der Waals surface area (Å²) in [7, 11) is 1.69. The molecule has 0 fully saturated rings. The molecule has 0 aliphatic rings. The van der Waals surface area contributed by atoms with Crippen LogP contribution in [0.15, 0.2) is 73.1 Å². The third-order valence-electron chi connectivity index (χ3n) is 4.82. The summed E-state index contributed by atoms with van der Waals surface area (Å²) >= 11 is 0. The summed E-state index contributed by atoms with van der Waals surface area (Å²) in [5, 5.41) is 2.23. The van der Waals surface area contributed by atoms with E-state index in [4.69, 9.17) is 4.74 Å². The largest absolute Gasteiger partial charge is 0.497 e. The molecule has 1 N–H and O–H groups in total. The highest BCUT2D eigenvalue weighted by atomic mass is 16.5. The Hall–Kier alpha value is -3.60. The first-order valence-electron chi connectivity index (χ1n) is 8.83. The molecule has 0 saturated heterocycles. The molecule has 0 aliphatic carbocycles. The van der Waals surface area contributed by atoms with Crippen molar-refractivity contribution in [2.75, 3.05) is 7.11 Å². The quantitative estimate of drug-likeness (QED) is 0.512. The summed E-state index contributed by atoms with van der Waals surface area (Å²) in [5.41, 5.74) is 5.18. The average molecular weight is 354 g/mol. The van der Waals surface area contributed by atoms with E-state index in [9.17, 15) is 0 Å². The predicted octanol–water partition coefficient (Wildman–Crippen LogP) is 4.64. The summed E-state index contributed by atoms with van der Waals surface area (Å²) in [6.07, 6.45) is 3.63. The molecule has 5 rings (SSSR count). The van der Waals surface area contributed by atoms with Crippen LogP contribution in [-0.4, -0.2) is 26.6 Å². The molecule has 4 heterocycles. The molecule has 0 radical (unpaired) electrons. The first-order chi connectivity index (χ1) is 13.3. The number of methoxy groups -OCH3 is 1. The number of nitrogens with zero attached hydrogens (tertiary/aromatic N) is 3. The van der Waals surface area contributed by atoms with Gasteiger partial charge in [-0.05, 0) is 54.6 Å². The van der Waals surface area contributed by atoms with E-state index in [1.165, 1.54) is 0 Å². The minimum Gasteiger partial charge on any atom is -0.497 e. The van der Waals surface area contributed by atoms with Crippen molar-refractivity contribution < 1.29 is 4.74 Å². The second-order valence-electron chi connectivity index (χ2n) is 6.49. The van der Waals surface area contributed by atoms with Crippen LogP contribution in [0.3, 0.4) is 0 Å². The molecule has 27 heavy (non-hydrogen) atoms. The lowest BCUT2D eigenvalue weighted by molar-refractivity contribution is 0.415. The summed E-state index contributed by atoms with van der Waals surface area (Å²) in [4.78, 5) is 12.4. The number of aromatic nitrogens is 4. The first kappa shape index (κ1) is 15.6. The molecule has 1 aromatic carbocycles. The van der Waals surface area contributed by atoms with Crippen molar-refractivity contribution in [3.8, 4) is 17.1 Å². The molecule has 5 nitrogen and oxygen atoms in total. The van der Waals surface area contributed by atoms with E-state index < -0.39 is 0 Å². The van der Waals surface area contributed by atoms with Gasteiger partial charge in [0.15, 0.2) is 0 Å². The number of hydrogen-bond acceptors (Lipinski definition) is 3. The predicted molar refractivity (Wildman–Crippen MR) is 107 cm³/mol. The standard InChI is InChI=1S/C22H18N4O/c1-27-18-7-8-20-16(11-18)13-21(26(20)14-17-6-2-3-9-23-17)19-12-15-5-4-10-24-22(15)25-19/h2-13H,14H2,1H3,(H,24,25). The van der Waals surface area contributed by atoms with Gasteiger partial charge in [-0.25, -0.2) is 4.98 Å². The molecule has 5 heteroatoms. The molecule has 5 aromatic rings. The van der Waals surface area contributed by atoms with Gasteiger partial charge in [0.2, 0.25) is 0 Å². The fourth-order valence-electron chi connectivity index (χ4n) is 3.52. The number of benzene rings is 1. The Morgan fingerprint density at radius 1 is 0.926 bits per heavy atom. The van der Waals surface area contributed by atoms with Gasteiger partial charge in [0.05, 0.1) is 30.7 Å². The van der Waals surface area contributed by atoms with E-state index in [1.807, 2.05) is 36.5 Å². The van der Waals surface area contributed by atoms with Gasteiger partial charge in [0, 0.05) is 28.7 Å². The molecule has 0 unspecified atom stereocenters. The van der Waals surface area contributed by atoms with E-state index in [0.717, 1.165) is 44.8 Å². The number of fused-ring (bicyclic) bond motifs is 2. The second-order valence-corrected chi connectivity index (χ2v) is 6.49. The second kappa shape index (κ2) is 6.29. The normalized spacial score (nSPS) is 11.3. The Morgan fingerprint density at radius 3 is 2.67 bits per heavy atom. The summed E-state index contributed by atoms with van der Waals surface area (Å²) in [6.45, 7) is 0.689. The molecule has 0 spiro atoms. The van der Waals surface area contributed by atoms with Gasteiger partial charge in [-0.1, -0.05) is 6.07 Å². The number of aromatic amines is 1. The van der Waals surface area contributed by atoms with Crippen molar-refractivity contribution in [1.82, 2.24) is 19.5 Å². The molecule has 132 valence electrons. The third kappa shape index (κ3) is 2.73. The minimum absolute atomic E-state index is 0.689. The van der Waals surface area contributed by atoms with E-state index >= 15 is 0 Å². The van der Waals surface area contributed by atoms with Crippen molar-refractivity contribution in [1.29, 1.82) is 0 Å². The molecular formula is C22H18N4O. The SMILES string of the molecule is COc1ccc2c(c1)cc(-c1cc3cccnc3[nH]1)n2Cc1ccccn1. The van der Waals surface area contributed by atoms with E-state index in [1.54, 1.807) is 13.3 Å². The van der Waals surface area contributed by atoms with Crippen molar-refractivity contribution in [2.45, 2.75) is 6.54 Å². The maximum Gasteiger partial charge on any atom is 0.137 e. The van der Waals surface area contributed by atoms with Gasteiger partial charge in [-0.15, -0.1) is 0 Å². The molecule has 0 atom stereocenters. The van der Waals surface area contributed by atoms with Crippen molar-refractivity contribution in [3.63, 3.8) is 0 Å². The lowest BCUT2D eigenvalue weighted by Gasteiger charge is -2.10. The van der Waals surface area contributed by atoms with Gasteiger partial charge >= 0.3 is 0 Å². The maximum atomic E-state index is 5.40. The summed E-state index contributed by atoms with van der Waals surface area (Å²) in [5.74, 6) is 0.849. The highest BCUT2D eigenvalue weighted by molar-refractivity contribution is 5.90. The van der Waals surface area contributed by atoms with Crippen LogP contribution in [0.2, 0.25) is 0 Å². The maximum absolute atomic E-state index is 5.40. The van der Waals surface area contributed by atoms with Crippen LogP contribution in [0.4, 0.5) is 0 Å². The fourth-order valence-corrected chi connectivity index (χ4v) is 3.52. The Bertz CT molecular complexity index is 1200. The lowest BCUT2D eigenvalue weighted by Crippen LogP contribution is -2.03. The van der Waals surface area contributed by atoms with E-state index in [2.05, 4.69) is 49.9 Å². The van der Waals surface area contributed by atoms with Crippen LogP contribution >= 0.6 is 0 Å². The van der Waals surface area contributed by atoms with E-state index in [-0.39, 0.29) is 0 Å².